The van der Waals surface area contributed by atoms with Crippen LogP contribution in [0.25, 0.3) is 0 Å². The molecule has 2 heteroatoms. The van der Waals surface area contributed by atoms with E-state index >= 15 is 0 Å². The molecule has 1 atom stereocenters. The van der Waals surface area contributed by atoms with Crippen molar-refractivity contribution in [1.82, 2.24) is 10.6 Å². The van der Waals surface area contributed by atoms with Gasteiger partial charge in [-0.2, -0.15) is 0 Å². The van der Waals surface area contributed by atoms with Gasteiger partial charge in [-0.15, -0.1) is 0 Å². The Labute approximate surface area is 104 Å². The van der Waals surface area contributed by atoms with Crippen molar-refractivity contribution in [2.45, 2.75) is 32.2 Å². The third-order valence-electron chi connectivity index (χ3n) is 4.25. The van der Waals surface area contributed by atoms with Gasteiger partial charge in [-0.3, -0.25) is 0 Å². The van der Waals surface area contributed by atoms with E-state index in [4.69, 9.17) is 0 Å². The molecule has 2 N–H and O–H groups in total. The minimum Gasteiger partial charge on any atom is -0.316 e. The van der Waals surface area contributed by atoms with Crippen molar-refractivity contribution >= 4 is 0 Å². The standard InChI is InChI=1S/C15H22N2/c1-15(6-7-15)11-17-10-13-9-16-8-12-4-2-3-5-14(12)13/h2-5,13,16-17H,6-11H2,1H3. The maximum atomic E-state index is 3.66. The molecule has 2 aliphatic rings. The summed E-state index contributed by atoms with van der Waals surface area (Å²) in [5.74, 6) is 0.641. The van der Waals surface area contributed by atoms with Crippen LogP contribution in [-0.4, -0.2) is 19.6 Å². The first-order valence-corrected chi connectivity index (χ1v) is 6.76. The second-order valence-corrected chi connectivity index (χ2v) is 5.97. The van der Waals surface area contributed by atoms with Crippen LogP contribution in [0.3, 0.4) is 0 Å². The Balaban J connectivity index is 1.60. The molecule has 17 heavy (non-hydrogen) atoms. The molecule has 0 spiro atoms. The average Bonchev–Trinajstić information content (AvgIpc) is 3.08. The lowest BCUT2D eigenvalue weighted by molar-refractivity contribution is 0.453. The third-order valence-corrected chi connectivity index (χ3v) is 4.25. The van der Waals surface area contributed by atoms with E-state index in [2.05, 4.69) is 41.8 Å². The van der Waals surface area contributed by atoms with Gasteiger partial charge >= 0.3 is 0 Å². The number of rotatable bonds is 4. The fraction of sp³-hybridized carbons (Fsp3) is 0.600. The summed E-state index contributed by atoms with van der Waals surface area (Å²) in [7, 11) is 0. The van der Waals surface area contributed by atoms with Gasteiger partial charge in [0, 0.05) is 32.1 Å². The van der Waals surface area contributed by atoms with Crippen LogP contribution in [0, 0.1) is 5.41 Å². The lowest BCUT2D eigenvalue weighted by Gasteiger charge is -2.27. The SMILES string of the molecule is CC1(CNCC2CNCc3ccccc32)CC1. The zero-order valence-corrected chi connectivity index (χ0v) is 10.6. The first-order valence-electron chi connectivity index (χ1n) is 6.76. The quantitative estimate of drug-likeness (QED) is 0.829. The molecule has 1 aliphatic heterocycles. The smallest absolute Gasteiger partial charge is 0.0208 e. The Morgan fingerprint density at radius 3 is 3.00 bits per heavy atom. The highest BCUT2D eigenvalue weighted by molar-refractivity contribution is 5.32. The van der Waals surface area contributed by atoms with E-state index in [0.717, 1.165) is 19.6 Å². The second-order valence-electron chi connectivity index (χ2n) is 5.97. The number of hydrogen-bond donors (Lipinski definition) is 2. The van der Waals surface area contributed by atoms with Crippen LogP contribution in [0.4, 0.5) is 0 Å². The van der Waals surface area contributed by atoms with E-state index in [9.17, 15) is 0 Å². The molecule has 1 aliphatic carbocycles. The number of fused-ring (bicyclic) bond motifs is 1. The molecule has 0 radical (unpaired) electrons. The Bertz CT molecular complexity index is 396. The van der Waals surface area contributed by atoms with E-state index in [1.165, 1.54) is 24.9 Å². The molecule has 0 saturated heterocycles. The van der Waals surface area contributed by atoms with Gasteiger partial charge in [0.05, 0.1) is 0 Å². The normalized spacial score (nSPS) is 25.4. The van der Waals surface area contributed by atoms with Gasteiger partial charge in [-0.1, -0.05) is 31.2 Å². The largest absolute Gasteiger partial charge is 0.316 e. The van der Waals surface area contributed by atoms with Crippen molar-refractivity contribution in [1.29, 1.82) is 0 Å². The predicted octanol–water partition coefficient (Wildman–Crippen LogP) is 2.26. The fourth-order valence-electron chi connectivity index (χ4n) is 2.70. The van der Waals surface area contributed by atoms with Crippen LogP contribution in [-0.2, 0) is 6.54 Å². The Kier molecular flexibility index (Phi) is 2.93. The molecule has 0 bridgehead atoms. The molecule has 2 nitrogen and oxygen atoms in total. The lowest BCUT2D eigenvalue weighted by Crippen LogP contribution is -2.35. The van der Waals surface area contributed by atoms with Gasteiger partial charge in [-0.25, -0.2) is 0 Å². The second kappa shape index (κ2) is 4.43. The Hall–Kier alpha value is -0.860. The minimum absolute atomic E-state index is 0.613. The summed E-state index contributed by atoms with van der Waals surface area (Å²) in [5, 5.41) is 7.17. The first-order chi connectivity index (χ1) is 8.27. The predicted molar refractivity (Wildman–Crippen MR) is 71.1 cm³/mol. The summed E-state index contributed by atoms with van der Waals surface area (Å²) in [5.41, 5.74) is 3.63. The average molecular weight is 230 g/mol. The minimum atomic E-state index is 0.613. The lowest BCUT2D eigenvalue weighted by atomic mass is 9.91. The topological polar surface area (TPSA) is 24.1 Å². The van der Waals surface area contributed by atoms with E-state index < -0.39 is 0 Å². The highest BCUT2D eigenvalue weighted by atomic mass is 14.9. The molecular weight excluding hydrogens is 208 g/mol. The number of nitrogens with one attached hydrogen (secondary N) is 2. The Morgan fingerprint density at radius 1 is 1.35 bits per heavy atom. The molecule has 92 valence electrons. The highest BCUT2D eigenvalue weighted by Crippen LogP contribution is 2.44. The van der Waals surface area contributed by atoms with Crippen LogP contribution in [0.15, 0.2) is 24.3 Å². The fourth-order valence-corrected chi connectivity index (χ4v) is 2.70. The highest BCUT2D eigenvalue weighted by Gasteiger charge is 2.36. The summed E-state index contributed by atoms with van der Waals surface area (Å²) in [4.78, 5) is 0. The molecule has 3 rings (SSSR count). The zero-order chi connectivity index (χ0) is 11.7. The Morgan fingerprint density at radius 2 is 2.18 bits per heavy atom. The molecule has 1 aromatic rings. The van der Waals surface area contributed by atoms with Crippen LogP contribution in [0.2, 0.25) is 0 Å². The molecule has 1 fully saturated rings. The summed E-state index contributed by atoms with van der Waals surface area (Å²) < 4.78 is 0. The molecule has 1 unspecified atom stereocenters. The van der Waals surface area contributed by atoms with Gasteiger partial charge in [0.1, 0.15) is 0 Å². The molecule has 0 aromatic heterocycles. The van der Waals surface area contributed by atoms with Crippen LogP contribution in [0.1, 0.15) is 36.8 Å². The van der Waals surface area contributed by atoms with Crippen molar-refractivity contribution in [2.24, 2.45) is 5.41 Å². The van der Waals surface area contributed by atoms with Crippen molar-refractivity contribution in [3.8, 4) is 0 Å². The summed E-state index contributed by atoms with van der Waals surface area (Å²) in [6, 6.07) is 8.85. The van der Waals surface area contributed by atoms with E-state index in [1.54, 1.807) is 5.56 Å². The zero-order valence-electron chi connectivity index (χ0n) is 10.6. The molecular formula is C15H22N2. The van der Waals surface area contributed by atoms with Crippen LogP contribution < -0.4 is 10.6 Å². The molecule has 0 amide bonds. The van der Waals surface area contributed by atoms with Crippen LogP contribution in [0.5, 0.6) is 0 Å². The van der Waals surface area contributed by atoms with Crippen molar-refractivity contribution < 1.29 is 0 Å². The molecule has 1 heterocycles. The van der Waals surface area contributed by atoms with Crippen LogP contribution >= 0.6 is 0 Å². The van der Waals surface area contributed by atoms with Gasteiger partial charge in [-0.05, 0) is 29.4 Å². The van der Waals surface area contributed by atoms with Crippen molar-refractivity contribution in [2.75, 3.05) is 19.6 Å². The summed E-state index contributed by atoms with van der Waals surface area (Å²) >= 11 is 0. The number of benzene rings is 1. The van der Waals surface area contributed by atoms with Crippen molar-refractivity contribution in [3.05, 3.63) is 35.4 Å². The monoisotopic (exact) mass is 230 g/mol. The van der Waals surface area contributed by atoms with Gasteiger partial charge < -0.3 is 10.6 Å². The molecule has 1 aromatic carbocycles. The first kappa shape index (κ1) is 11.2. The van der Waals surface area contributed by atoms with E-state index in [-0.39, 0.29) is 0 Å². The maximum Gasteiger partial charge on any atom is 0.0208 e. The number of hydrogen-bond acceptors (Lipinski definition) is 2. The van der Waals surface area contributed by atoms with Gasteiger partial charge in [0.15, 0.2) is 0 Å². The van der Waals surface area contributed by atoms with Gasteiger partial charge in [0.2, 0.25) is 0 Å². The third kappa shape index (κ3) is 2.53. The maximum absolute atomic E-state index is 3.66. The summed E-state index contributed by atoms with van der Waals surface area (Å²) in [6.45, 7) is 6.82. The van der Waals surface area contributed by atoms with E-state index in [1.807, 2.05) is 0 Å². The van der Waals surface area contributed by atoms with E-state index in [0.29, 0.717) is 11.3 Å². The molecule has 1 saturated carbocycles. The summed E-state index contributed by atoms with van der Waals surface area (Å²) in [6.07, 6.45) is 2.80. The van der Waals surface area contributed by atoms with Gasteiger partial charge in [0.25, 0.3) is 0 Å². The van der Waals surface area contributed by atoms with Crippen molar-refractivity contribution in [3.63, 3.8) is 0 Å².